The average Bonchev–Trinajstić information content (AvgIpc) is 2.37. The number of rotatable bonds is 1. The lowest BCUT2D eigenvalue weighted by Crippen LogP contribution is -2.47. The summed E-state index contributed by atoms with van der Waals surface area (Å²) < 4.78 is 29.9. The van der Waals surface area contributed by atoms with Gasteiger partial charge in [-0.25, -0.2) is 13.2 Å². The first-order valence-corrected chi connectivity index (χ1v) is 8.85. The normalized spacial score (nSPS) is 21.4. The maximum absolute atomic E-state index is 12.3. The van der Waals surface area contributed by atoms with Crippen LogP contribution in [-0.2, 0) is 14.6 Å². The molecule has 1 unspecified atom stereocenters. The summed E-state index contributed by atoms with van der Waals surface area (Å²) in [5, 5.41) is -0.741. The lowest BCUT2D eigenvalue weighted by Gasteiger charge is -2.34. The van der Waals surface area contributed by atoms with Crippen LogP contribution in [0.15, 0.2) is 24.3 Å². The van der Waals surface area contributed by atoms with Crippen LogP contribution < -0.4 is 5.73 Å². The number of carbonyl (C=O) groups is 1. The Labute approximate surface area is 131 Å². The van der Waals surface area contributed by atoms with Crippen molar-refractivity contribution in [2.45, 2.75) is 31.6 Å². The molecule has 0 saturated carbocycles. The van der Waals surface area contributed by atoms with E-state index in [1.165, 1.54) is 4.90 Å². The van der Waals surface area contributed by atoms with Gasteiger partial charge in [0, 0.05) is 18.8 Å². The van der Waals surface area contributed by atoms with Crippen LogP contribution in [0.4, 0.5) is 10.5 Å². The fourth-order valence-corrected chi connectivity index (χ4v) is 4.04. The second-order valence-electron chi connectivity index (χ2n) is 6.45. The van der Waals surface area contributed by atoms with Crippen LogP contribution in [0.25, 0.3) is 0 Å². The van der Waals surface area contributed by atoms with Crippen LogP contribution in [0.1, 0.15) is 31.6 Å². The first-order chi connectivity index (χ1) is 10.1. The molecule has 1 atom stereocenters. The Morgan fingerprint density at radius 1 is 1.27 bits per heavy atom. The highest BCUT2D eigenvalue weighted by Crippen LogP contribution is 2.29. The van der Waals surface area contributed by atoms with Crippen LogP contribution in [-0.4, -0.2) is 43.9 Å². The predicted molar refractivity (Wildman–Crippen MR) is 85.2 cm³/mol. The summed E-state index contributed by atoms with van der Waals surface area (Å²) in [6.45, 7) is 5.60. The SMILES string of the molecule is CC(C)(C)OC(=O)N1CCS(=O)(=O)C(c2ccc(N)cc2)C1. The van der Waals surface area contributed by atoms with Gasteiger partial charge in [-0.1, -0.05) is 12.1 Å². The first kappa shape index (κ1) is 16.6. The van der Waals surface area contributed by atoms with Crippen molar-refractivity contribution in [3.63, 3.8) is 0 Å². The highest BCUT2D eigenvalue weighted by molar-refractivity contribution is 7.91. The van der Waals surface area contributed by atoms with E-state index in [4.69, 9.17) is 10.5 Å². The summed E-state index contributed by atoms with van der Waals surface area (Å²) >= 11 is 0. The number of nitrogens with two attached hydrogens (primary N) is 1. The van der Waals surface area contributed by atoms with Gasteiger partial charge in [0.15, 0.2) is 9.84 Å². The third kappa shape index (κ3) is 3.91. The summed E-state index contributed by atoms with van der Waals surface area (Å²) in [6.07, 6.45) is -0.483. The molecular formula is C15H22N2O4S. The van der Waals surface area contributed by atoms with Gasteiger partial charge in [-0.2, -0.15) is 0 Å². The van der Waals surface area contributed by atoms with Crippen molar-refractivity contribution in [2.75, 3.05) is 24.6 Å². The zero-order valence-corrected chi connectivity index (χ0v) is 13.9. The van der Waals surface area contributed by atoms with E-state index in [0.717, 1.165) is 0 Å². The van der Waals surface area contributed by atoms with Crippen LogP contribution in [0, 0.1) is 0 Å². The molecule has 122 valence electrons. The number of amides is 1. The van der Waals surface area contributed by atoms with Gasteiger partial charge in [0.2, 0.25) is 0 Å². The molecule has 2 N–H and O–H groups in total. The highest BCUT2D eigenvalue weighted by Gasteiger charge is 2.37. The Morgan fingerprint density at radius 3 is 2.41 bits per heavy atom. The Morgan fingerprint density at radius 2 is 1.86 bits per heavy atom. The molecule has 1 aromatic carbocycles. The van der Waals surface area contributed by atoms with Crippen LogP contribution in [0.2, 0.25) is 0 Å². The molecule has 22 heavy (non-hydrogen) atoms. The molecule has 1 saturated heterocycles. The van der Waals surface area contributed by atoms with Gasteiger partial charge >= 0.3 is 6.09 Å². The molecule has 0 aromatic heterocycles. The fourth-order valence-electron chi connectivity index (χ4n) is 2.30. The largest absolute Gasteiger partial charge is 0.444 e. The molecule has 1 aliphatic rings. The summed E-state index contributed by atoms with van der Waals surface area (Å²) in [6, 6.07) is 6.71. The minimum atomic E-state index is -3.29. The third-order valence-electron chi connectivity index (χ3n) is 3.43. The van der Waals surface area contributed by atoms with E-state index < -0.39 is 26.8 Å². The smallest absolute Gasteiger partial charge is 0.410 e. The van der Waals surface area contributed by atoms with Crippen molar-refractivity contribution in [2.24, 2.45) is 0 Å². The number of hydrogen-bond acceptors (Lipinski definition) is 5. The third-order valence-corrected chi connectivity index (χ3v) is 5.47. The van der Waals surface area contributed by atoms with E-state index in [2.05, 4.69) is 0 Å². The molecule has 1 amide bonds. The van der Waals surface area contributed by atoms with Crippen molar-refractivity contribution in [1.82, 2.24) is 4.90 Å². The molecular weight excluding hydrogens is 304 g/mol. The lowest BCUT2D eigenvalue weighted by atomic mass is 10.1. The van der Waals surface area contributed by atoms with Gasteiger partial charge in [-0.05, 0) is 38.5 Å². The Balaban J connectivity index is 2.21. The van der Waals surface area contributed by atoms with Gasteiger partial charge < -0.3 is 15.4 Å². The molecule has 1 heterocycles. The number of carbonyl (C=O) groups excluding carboxylic acids is 1. The van der Waals surface area contributed by atoms with Crippen LogP contribution in [0.3, 0.4) is 0 Å². The second-order valence-corrected chi connectivity index (χ2v) is 8.75. The van der Waals surface area contributed by atoms with E-state index >= 15 is 0 Å². The minimum Gasteiger partial charge on any atom is -0.444 e. The van der Waals surface area contributed by atoms with Crippen LogP contribution >= 0.6 is 0 Å². The van der Waals surface area contributed by atoms with E-state index in [0.29, 0.717) is 11.3 Å². The molecule has 1 fully saturated rings. The monoisotopic (exact) mass is 326 g/mol. The maximum Gasteiger partial charge on any atom is 0.410 e. The van der Waals surface area contributed by atoms with E-state index in [1.54, 1.807) is 45.0 Å². The quantitative estimate of drug-likeness (QED) is 0.797. The van der Waals surface area contributed by atoms with Gasteiger partial charge in [0.05, 0.1) is 5.75 Å². The van der Waals surface area contributed by atoms with Crippen molar-refractivity contribution >= 4 is 21.6 Å². The maximum atomic E-state index is 12.3. The summed E-state index contributed by atoms with van der Waals surface area (Å²) in [4.78, 5) is 13.6. The van der Waals surface area contributed by atoms with Gasteiger partial charge in [0.1, 0.15) is 10.9 Å². The lowest BCUT2D eigenvalue weighted by molar-refractivity contribution is 0.0253. The molecule has 0 spiro atoms. The number of benzene rings is 1. The fraction of sp³-hybridized carbons (Fsp3) is 0.533. The van der Waals surface area contributed by atoms with Crippen molar-refractivity contribution < 1.29 is 17.9 Å². The molecule has 1 aromatic rings. The highest BCUT2D eigenvalue weighted by atomic mass is 32.2. The Kier molecular flexibility index (Phi) is 4.37. The molecule has 1 aliphatic heterocycles. The molecule has 6 nitrogen and oxygen atoms in total. The number of sulfone groups is 1. The van der Waals surface area contributed by atoms with Crippen molar-refractivity contribution in [1.29, 1.82) is 0 Å². The zero-order chi connectivity index (χ0) is 16.5. The van der Waals surface area contributed by atoms with Crippen molar-refractivity contribution in [3.05, 3.63) is 29.8 Å². The standard InChI is InChI=1S/C15H22N2O4S/c1-15(2,3)21-14(18)17-8-9-22(19,20)13(10-17)11-4-6-12(16)7-5-11/h4-7,13H,8-10,16H2,1-3H3. The Hall–Kier alpha value is -1.76. The number of ether oxygens (including phenoxy) is 1. The summed E-state index contributed by atoms with van der Waals surface area (Å²) in [7, 11) is -3.29. The van der Waals surface area contributed by atoms with Gasteiger partial charge in [0.25, 0.3) is 0 Å². The predicted octanol–water partition coefficient (Wildman–Crippen LogP) is 1.98. The first-order valence-electron chi connectivity index (χ1n) is 7.13. The van der Waals surface area contributed by atoms with Gasteiger partial charge in [-0.3, -0.25) is 0 Å². The molecule has 0 bridgehead atoms. The molecule has 0 radical (unpaired) electrons. The molecule has 0 aliphatic carbocycles. The number of anilines is 1. The van der Waals surface area contributed by atoms with Crippen LogP contribution in [0.5, 0.6) is 0 Å². The van der Waals surface area contributed by atoms with Gasteiger partial charge in [-0.15, -0.1) is 0 Å². The van der Waals surface area contributed by atoms with E-state index in [1.807, 2.05) is 0 Å². The number of nitrogen functional groups attached to an aromatic ring is 1. The summed E-state index contributed by atoms with van der Waals surface area (Å²) in [5.41, 5.74) is 6.24. The minimum absolute atomic E-state index is 0.0682. The second kappa shape index (κ2) is 5.79. The zero-order valence-electron chi connectivity index (χ0n) is 13.1. The van der Waals surface area contributed by atoms with E-state index in [9.17, 15) is 13.2 Å². The molecule has 7 heteroatoms. The summed E-state index contributed by atoms with van der Waals surface area (Å²) in [5.74, 6) is -0.0682. The Bertz CT molecular complexity index is 647. The van der Waals surface area contributed by atoms with Crippen molar-refractivity contribution in [3.8, 4) is 0 Å². The number of nitrogens with zero attached hydrogens (tertiary/aromatic N) is 1. The average molecular weight is 326 g/mol. The molecule has 2 rings (SSSR count). The van der Waals surface area contributed by atoms with E-state index in [-0.39, 0.29) is 18.8 Å². The number of hydrogen-bond donors (Lipinski definition) is 1. The topological polar surface area (TPSA) is 89.7 Å².